The highest BCUT2D eigenvalue weighted by Gasteiger charge is 2.29. The van der Waals surface area contributed by atoms with E-state index >= 15 is 4.39 Å². The summed E-state index contributed by atoms with van der Waals surface area (Å²) in [6, 6.07) is 19.8. The molecule has 3 aromatic heterocycles. The van der Waals surface area contributed by atoms with Gasteiger partial charge < -0.3 is 24.8 Å². The molecule has 2 N–H and O–H groups in total. The first-order valence-electron chi connectivity index (χ1n) is 17.5. The van der Waals surface area contributed by atoms with Gasteiger partial charge in [-0.3, -0.25) is 14.2 Å². The van der Waals surface area contributed by atoms with Crippen molar-refractivity contribution >= 4 is 39.7 Å². The molecule has 1 aliphatic carbocycles. The molecule has 6 aromatic rings. The summed E-state index contributed by atoms with van der Waals surface area (Å²) in [7, 11) is 1.61. The number of esters is 1. The molecule has 8 rings (SSSR count). The summed E-state index contributed by atoms with van der Waals surface area (Å²) >= 11 is 0. The SMILES string of the molecule is COc1ccc(Cn2nc(NC3CCN(C(=O)O)C3)c3c(-c4cccc(-n5ccc6cc(C7CC7)cc(F)c6c5=O)c4COC(C)=O)ccnc32)cc1. The lowest BCUT2D eigenvalue weighted by Gasteiger charge is -2.18. The molecule has 13 heteroatoms. The van der Waals surface area contributed by atoms with Crippen LogP contribution < -0.4 is 15.6 Å². The van der Waals surface area contributed by atoms with Crippen molar-refractivity contribution in [1.29, 1.82) is 0 Å². The average Bonchev–Trinajstić information content (AvgIpc) is 3.81. The number of aromatic nitrogens is 4. The number of carbonyl (C=O) groups excluding carboxylic acids is 1. The van der Waals surface area contributed by atoms with Crippen LogP contribution in [0.4, 0.5) is 15.0 Å². The number of fused-ring (bicyclic) bond motifs is 2. The van der Waals surface area contributed by atoms with E-state index < -0.39 is 23.4 Å². The maximum Gasteiger partial charge on any atom is 0.407 e. The number of benzene rings is 3. The Labute approximate surface area is 303 Å². The summed E-state index contributed by atoms with van der Waals surface area (Å²) in [5.41, 5.74) is 4.20. The molecule has 4 heterocycles. The summed E-state index contributed by atoms with van der Waals surface area (Å²) in [6.45, 7) is 2.20. The van der Waals surface area contributed by atoms with E-state index in [0.717, 1.165) is 29.7 Å². The number of ether oxygens (including phenoxy) is 2. The van der Waals surface area contributed by atoms with Crippen LogP contribution in [-0.4, -0.2) is 67.6 Å². The van der Waals surface area contributed by atoms with Crippen LogP contribution in [0, 0.1) is 5.82 Å². The van der Waals surface area contributed by atoms with Crippen molar-refractivity contribution in [2.45, 2.75) is 51.3 Å². The molecule has 1 unspecified atom stereocenters. The summed E-state index contributed by atoms with van der Waals surface area (Å²) < 4.78 is 29.7. The van der Waals surface area contributed by atoms with E-state index in [1.165, 1.54) is 22.5 Å². The molecule has 1 aliphatic heterocycles. The van der Waals surface area contributed by atoms with Crippen molar-refractivity contribution in [3.8, 4) is 22.6 Å². The van der Waals surface area contributed by atoms with Crippen LogP contribution in [0.3, 0.4) is 0 Å². The Morgan fingerprint density at radius 1 is 1.02 bits per heavy atom. The Morgan fingerprint density at radius 2 is 1.83 bits per heavy atom. The van der Waals surface area contributed by atoms with Gasteiger partial charge in [-0.05, 0) is 89.2 Å². The molecule has 2 aliphatic rings. The first kappa shape index (κ1) is 33.9. The van der Waals surface area contributed by atoms with Gasteiger partial charge >= 0.3 is 12.1 Å². The van der Waals surface area contributed by atoms with Crippen molar-refractivity contribution < 1.29 is 28.6 Å². The Kier molecular flexibility index (Phi) is 8.77. The summed E-state index contributed by atoms with van der Waals surface area (Å²) in [4.78, 5) is 44.1. The molecule has 1 saturated heterocycles. The summed E-state index contributed by atoms with van der Waals surface area (Å²) in [6.07, 6.45) is 4.93. The molecule has 2 fully saturated rings. The Morgan fingerprint density at radius 3 is 2.55 bits per heavy atom. The van der Waals surface area contributed by atoms with E-state index in [9.17, 15) is 19.5 Å². The number of nitrogens with zero attached hydrogens (tertiary/aromatic N) is 5. The van der Waals surface area contributed by atoms with Gasteiger partial charge in [0.05, 0.1) is 30.1 Å². The van der Waals surface area contributed by atoms with E-state index in [1.54, 1.807) is 42.4 Å². The van der Waals surface area contributed by atoms with Gasteiger partial charge in [0.25, 0.3) is 5.56 Å². The molecule has 0 spiro atoms. The van der Waals surface area contributed by atoms with Gasteiger partial charge in [0.15, 0.2) is 11.5 Å². The largest absolute Gasteiger partial charge is 0.497 e. The van der Waals surface area contributed by atoms with Crippen molar-refractivity contribution in [2.75, 3.05) is 25.5 Å². The molecule has 0 bridgehead atoms. The minimum atomic E-state index is -0.981. The lowest BCUT2D eigenvalue weighted by atomic mass is 9.96. The fourth-order valence-corrected chi connectivity index (χ4v) is 7.25. The number of hydrogen-bond acceptors (Lipinski definition) is 8. The van der Waals surface area contributed by atoms with Crippen molar-refractivity contribution in [2.24, 2.45) is 0 Å². The highest BCUT2D eigenvalue weighted by Crippen LogP contribution is 2.42. The third-order valence-electron chi connectivity index (χ3n) is 10.1. The van der Waals surface area contributed by atoms with E-state index in [2.05, 4.69) is 5.32 Å². The molecule has 270 valence electrons. The molecule has 1 atom stereocenters. The number of methoxy groups -OCH3 is 1. The number of carboxylic acid groups (broad SMARTS) is 1. The Bertz CT molecular complexity index is 2460. The van der Waals surface area contributed by atoms with Crippen LogP contribution in [0.25, 0.3) is 38.6 Å². The number of halogens is 1. The zero-order valence-corrected chi connectivity index (χ0v) is 29.2. The maximum absolute atomic E-state index is 15.6. The molecular formula is C40H37FN6O6. The lowest BCUT2D eigenvalue weighted by Crippen LogP contribution is -2.30. The number of rotatable bonds is 10. The molecule has 12 nitrogen and oxygen atoms in total. The van der Waals surface area contributed by atoms with Gasteiger partial charge in [-0.1, -0.05) is 30.3 Å². The number of anilines is 1. The van der Waals surface area contributed by atoms with Crippen molar-refractivity contribution in [3.05, 3.63) is 112 Å². The summed E-state index contributed by atoms with van der Waals surface area (Å²) in [5, 5.41) is 19.3. The first-order chi connectivity index (χ1) is 25.7. The number of carbonyl (C=O) groups is 2. The molecule has 1 saturated carbocycles. The van der Waals surface area contributed by atoms with E-state index in [4.69, 9.17) is 19.6 Å². The first-order valence-corrected chi connectivity index (χ1v) is 17.5. The van der Waals surface area contributed by atoms with Gasteiger partial charge in [-0.15, -0.1) is 0 Å². The van der Waals surface area contributed by atoms with Crippen LogP contribution in [0.15, 0.2) is 83.9 Å². The monoisotopic (exact) mass is 716 g/mol. The third kappa shape index (κ3) is 6.54. The van der Waals surface area contributed by atoms with E-state index in [0.29, 0.717) is 70.0 Å². The number of hydrogen-bond donors (Lipinski definition) is 2. The smallest absolute Gasteiger partial charge is 0.407 e. The lowest BCUT2D eigenvalue weighted by molar-refractivity contribution is -0.142. The zero-order valence-electron chi connectivity index (χ0n) is 29.2. The van der Waals surface area contributed by atoms with Gasteiger partial charge in [0.2, 0.25) is 0 Å². The number of likely N-dealkylation sites (tertiary alicyclic amines) is 1. The van der Waals surface area contributed by atoms with E-state index in [-0.39, 0.29) is 24.6 Å². The Hall–Kier alpha value is -6.24. The topological polar surface area (TPSA) is 141 Å². The molecule has 1 amide bonds. The van der Waals surface area contributed by atoms with Gasteiger partial charge in [0.1, 0.15) is 18.2 Å². The second kappa shape index (κ2) is 13.7. The highest BCUT2D eigenvalue weighted by molar-refractivity contribution is 6.02. The molecular weight excluding hydrogens is 679 g/mol. The van der Waals surface area contributed by atoms with Gasteiger partial charge in [-0.25, -0.2) is 18.9 Å². The third-order valence-corrected chi connectivity index (χ3v) is 10.1. The normalized spacial score (nSPS) is 15.6. The predicted molar refractivity (Wildman–Crippen MR) is 197 cm³/mol. The number of pyridine rings is 2. The predicted octanol–water partition coefficient (Wildman–Crippen LogP) is 6.70. The summed E-state index contributed by atoms with van der Waals surface area (Å²) in [5.74, 6) is 0.488. The van der Waals surface area contributed by atoms with E-state index in [1.807, 2.05) is 42.5 Å². The molecule has 3 aromatic carbocycles. The zero-order chi connectivity index (χ0) is 36.8. The van der Waals surface area contributed by atoms with Crippen molar-refractivity contribution in [1.82, 2.24) is 24.2 Å². The van der Waals surface area contributed by atoms with Gasteiger partial charge in [-0.2, -0.15) is 5.10 Å². The molecule has 53 heavy (non-hydrogen) atoms. The van der Waals surface area contributed by atoms with Gasteiger partial charge in [0, 0.05) is 44.0 Å². The fraction of sp³-hybridized carbons (Fsp3) is 0.275. The van der Waals surface area contributed by atoms with Crippen molar-refractivity contribution in [3.63, 3.8) is 0 Å². The van der Waals surface area contributed by atoms with Crippen LogP contribution in [0.1, 0.15) is 48.8 Å². The Balaban J connectivity index is 1.29. The fourth-order valence-electron chi connectivity index (χ4n) is 7.25. The van der Waals surface area contributed by atoms with Crippen LogP contribution in [0.5, 0.6) is 5.75 Å². The number of nitrogens with one attached hydrogen (secondary N) is 1. The minimum Gasteiger partial charge on any atom is -0.497 e. The second-order valence-electron chi connectivity index (χ2n) is 13.6. The van der Waals surface area contributed by atoms with Crippen LogP contribution >= 0.6 is 0 Å². The quantitative estimate of drug-likeness (QED) is 0.148. The number of amides is 1. The van der Waals surface area contributed by atoms with Crippen LogP contribution in [-0.2, 0) is 22.7 Å². The second-order valence-corrected chi connectivity index (χ2v) is 13.6. The molecule has 0 radical (unpaired) electrons. The standard InChI is InChI=1S/C40H37FN6O6/c1-23(48)53-22-32-30(4-3-5-34(32)46-17-13-26-18-27(25-8-9-25)19-33(41)35(26)39(46)49)31-12-15-42-38-36(31)37(43-28-14-16-45(21-28)40(50)51)44-47(38)20-24-6-10-29(52-2)11-7-24/h3-7,10-13,15,17-19,25,28H,8-9,14,16,20-22H2,1-2H3,(H,43,44)(H,50,51). The van der Waals surface area contributed by atoms with Crippen LogP contribution in [0.2, 0.25) is 0 Å². The average molecular weight is 717 g/mol. The maximum atomic E-state index is 15.6. The minimum absolute atomic E-state index is 0.00898. The highest BCUT2D eigenvalue weighted by atomic mass is 19.1.